The van der Waals surface area contributed by atoms with Gasteiger partial charge in [-0.1, -0.05) is 29.8 Å². The number of nitrogens with two attached hydrogens (primary N) is 1. The topological polar surface area (TPSA) is 38.9 Å². The van der Waals surface area contributed by atoms with E-state index in [4.69, 9.17) is 17.3 Å². The Morgan fingerprint density at radius 2 is 1.65 bits per heavy atom. The third kappa shape index (κ3) is 2.48. The second kappa shape index (κ2) is 4.47. The maximum atomic E-state index is 6.38. The van der Waals surface area contributed by atoms with E-state index in [1.165, 1.54) is 0 Å². The Kier molecular flexibility index (Phi) is 3.18. The molecule has 0 spiro atoms. The Balaban J connectivity index is 2.41. The van der Waals surface area contributed by atoms with Gasteiger partial charge in [-0.15, -0.1) is 0 Å². The molecule has 2 aromatic rings. The van der Waals surface area contributed by atoms with Crippen LogP contribution in [0, 0.1) is 6.92 Å². The first kappa shape index (κ1) is 12.1. The van der Waals surface area contributed by atoms with Crippen molar-refractivity contribution in [1.82, 2.24) is 4.98 Å². The van der Waals surface area contributed by atoms with Gasteiger partial charge in [-0.25, -0.2) is 0 Å². The van der Waals surface area contributed by atoms with Crippen molar-refractivity contribution in [1.29, 1.82) is 0 Å². The van der Waals surface area contributed by atoms with Crippen LogP contribution in [0.2, 0.25) is 5.02 Å². The minimum Gasteiger partial charge on any atom is -0.318 e. The van der Waals surface area contributed by atoms with Crippen LogP contribution in [-0.2, 0) is 5.54 Å². The molecule has 2 rings (SSSR count). The lowest BCUT2D eigenvalue weighted by Crippen LogP contribution is -2.34. The van der Waals surface area contributed by atoms with E-state index >= 15 is 0 Å². The molecule has 2 N–H and O–H groups in total. The monoisotopic (exact) mass is 246 g/mol. The van der Waals surface area contributed by atoms with Crippen LogP contribution in [0.3, 0.4) is 0 Å². The van der Waals surface area contributed by atoms with Crippen molar-refractivity contribution < 1.29 is 0 Å². The summed E-state index contributed by atoms with van der Waals surface area (Å²) >= 11 is 5.88. The fourth-order valence-corrected chi connectivity index (χ4v) is 1.86. The predicted molar refractivity (Wildman–Crippen MR) is 71.1 cm³/mol. The minimum absolute atomic E-state index is 0.550. The average molecular weight is 247 g/mol. The number of hydrogen-bond donors (Lipinski definition) is 1. The lowest BCUT2D eigenvalue weighted by Gasteiger charge is -2.25. The van der Waals surface area contributed by atoms with Crippen molar-refractivity contribution >= 4 is 11.6 Å². The fraction of sp³-hybridized carbons (Fsp3) is 0.214. The Morgan fingerprint density at radius 1 is 1.06 bits per heavy atom. The smallest absolute Gasteiger partial charge is 0.0652 e. The maximum absolute atomic E-state index is 6.38. The average Bonchev–Trinajstić information content (AvgIpc) is 2.30. The molecule has 2 nitrogen and oxygen atoms in total. The maximum Gasteiger partial charge on any atom is 0.0652 e. The van der Waals surface area contributed by atoms with Crippen molar-refractivity contribution in [3.05, 3.63) is 64.4 Å². The van der Waals surface area contributed by atoms with Gasteiger partial charge < -0.3 is 5.73 Å². The molecule has 0 fully saturated rings. The number of aryl methyl sites for hydroxylation is 1. The van der Waals surface area contributed by atoms with Gasteiger partial charge in [-0.2, -0.15) is 0 Å². The van der Waals surface area contributed by atoms with Crippen LogP contribution in [0.1, 0.15) is 23.7 Å². The number of pyridine rings is 1. The highest BCUT2D eigenvalue weighted by Gasteiger charge is 2.23. The lowest BCUT2D eigenvalue weighted by molar-refractivity contribution is 0.600. The third-order valence-electron chi connectivity index (χ3n) is 2.95. The molecule has 0 aliphatic heterocycles. The Morgan fingerprint density at radius 3 is 2.18 bits per heavy atom. The molecule has 1 heterocycles. The molecule has 3 heteroatoms. The molecule has 0 radical (unpaired) electrons. The Hall–Kier alpha value is -1.38. The zero-order chi connectivity index (χ0) is 12.5. The van der Waals surface area contributed by atoms with E-state index in [2.05, 4.69) is 4.98 Å². The normalized spacial score (nSPS) is 14.4. The summed E-state index contributed by atoms with van der Waals surface area (Å²) in [5.41, 5.74) is 8.82. The van der Waals surface area contributed by atoms with Crippen LogP contribution in [0.5, 0.6) is 0 Å². The molecule has 1 aromatic heterocycles. The van der Waals surface area contributed by atoms with E-state index in [-0.39, 0.29) is 0 Å². The highest BCUT2D eigenvalue weighted by atomic mass is 35.5. The number of hydrogen-bond acceptors (Lipinski definition) is 2. The molecule has 1 aromatic carbocycles. The summed E-state index contributed by atoms with van der Waals surface area (Å²) in [5, 5.41) is 0.714. The molecule has 0 saturated heterocycles. The van der Waals surface area contributed by atoms with E-state index in [1.807, 2.05) is 56.4 Å². The molecule has 0 bridgehead atoms. The van der Waals surface area contributed by atoms with Crippen LogP contribution in [-0.4, -0.2) is 4.98 Å². The van der Waals surface area contributed by atoms with Crippen molar-refractivity contribution in [2.45, 2.75) is 19.4 Å². The minimum atomic E-state index is -0.550. The molecule has 0 amide bonds. The zero-order valence-corrected chi connectivity index (χ0v) is 10.7. The summed E-state index contributed by atoms with van der Waals surface area (Å²) in [6.07, 6.45) is 1.82. The van der Waals surface area contributed by atoms with Gasteiger partial charge in [-0.05, 0) is 43.2 Å². The lowest BCUT2D eigenvalue weighted by atomic mass is 9.87. The summed E-state index contributed by atoms with van der Waals surface area (Å²) in [6, 6.07) is 11.6. The first-order valence-electron chi connectivity index (χ1n) is 5.48. The number of aromatic nitrogens is 1. The van der Waals surface area contributed by atoms with Crippen LogP contribution in [0.25, 0.3) is 0 Å². The van der Waals surface area contributed by atoms with E-state index in [0.29, 0.717) is 5.02 Å². The number of halogens is 1. The second-order valence-corrected chi connectivity index (χ2v) is 4.83. The first-order chi connectivity index (χ1) is 8.00. The van der Waals surface area contributed by atoms with E-state index in [0.717, 1.165) is 16.8 Å². The van der Waals surface area contributed by atoms with Gasteiger partial charge in [0.05, 0.1) is 5.54 Å². The predicted octanol–water partition coefficient (Wildman–Crippen LogP) is 3.27. The van der Waals surface area contributed by atoms with E-state index < -0.39 is 5.54 Å². The summed E-state index contributed by atoms with van der Waals surface area (Å²) < 4.78 is 0. The molecular weight excluding hydrogens is 232 g/mol. The summed E-state index contributed by atoms with van der Waals surface area (Å²) in [6.45, 7) is 3.93. The van der Waals surface area contributed by atoms with Crippen LogP contribution in [0.4, 0.5) is 0 Å². The van der Waals surface area contributed by atoms with Crippen molar-refractivity contribution in [2.75, 3.05) is 0 Å². The molecule has 0 aliphatic carbocycles. The molecule has 17 heavy (non-hydrogen) atoms. The van der Waals surface area contributed by atoms with Crippen LogP contribution < -0.4 is 5.73 Å². The Bertz CT molecular complexity index is 453. The molecule has 88 valence electrons. The van der Waals surface area contributed by atoms with Crippen LogP contribution >= 0.6 is 11.6 Å². The molecule has 0 aliphatic rings. The third-order valence-corrected chi connectivity index (χ3v) is 3.21. The van der Waals surface area contributed by atoms with Gasteiger partial charge in [0.2, 0.25) is 0 Å². The van der Waals surface area contributed by atoms with Crippen molar-refractivity contribution in [3.63, 3.8) is 0 Å². The molecule has 1 unspecified atom stereocenters. The van der Waals surface area contributed by atoms with E-state index in [9.17, 15) is 0 Å². The van der Waals surface area contributed by atoms with Gasteiger partial charge in [0, 0.05) is 16.9 Å². The fourth-order valence-electron chi connectivity index (χ4n) is 1.74. The molecular formula is C14H15ClN2. The van der Waals surface area contributed by atoms with Gasteiger partial charge >= 0.3 is 0 Å². The number of nitrogens with zero attached hydrogens (tertiary/aromatic N) is 1. The highest BCUT2D eigenvalue weighted by Crippen LogP contribution is 2.26. The van der Waals surface area contributed by atoms with E-state index in [1.54, 1.807) is 0 Å². The van der Waals surface area contributed by atoms with Crippen molar-refractivity contribution in [3.8, 4) is 0 Å². The summed E-state index contributed by atoms with van der Waals surface area (Å²) in [5.74, 6) is 0. The highest BCUT2D eigenvalue weighted by molar-refractivity contribution is 6.30. The quantitative estimate of drug-likeness (QED) is 0.883. The van der Waals surface area contributed by atoms with Gasteiger partial charge in [0.1, 0.15) is 0 Å². The Labute approximate surface area is 106 Å². The van der Waals surface area contributed by atoms with Crippen LogP contribution in [0.15, 0.2) is 42.6 Å². The second-order valence-electron chi connectivity index (χ2n) is 4.40. The largest absolute Gasteiger partial charge is 0.318 e. The molecule has 0 saturated carbocycles. The summed E-state index contributed by atoms with van der Waals surface area (Å²) in [7, 11) is 0. The number of rotatable bonds is 2. The SMILES string of the molecule is Cc1ccc(C(C)(N)c2ccc(Cl)cc2)cn1. The standard InChI is InChI=1S/C14H15ClN2/c1-10-3-4-12(9-17-10)14(2,16)11-5-7-13(15)8-6-11/h3-9H,16H2,1-2H3. The van der Waals surface area contributed by atoms with Gasteiger partial charge in [0.25, 0.3) is 0 Å². The number of benzene rings is 1. The molecule has 1 atom stereocenters. The van der Waals surface area contributed by atoms with Gasteiger partial charge in [-0.3, -0.25) is 4.98 Å². The van der Waals surface area contributed by atoms with Gasteiger partial charge in [0.15, 0.2) is 0 Å². The first-order valence-corrected chi connectivity index (χ1v) is 5.86. The zero-order valence-electron chi connectivity index (χ0n) is 9.94. The summed E-state index contributed by atoms with van der Waals surface area (Å²) in [4.78, 5) is 4.28. The van der Waals surface area contributed by atoms with Crippen molar-refractivity contribution in [2.24, 2.45) is 5.73 Å².